The molecule has 0 aliphatic rings. The Kier molecular flexibility index (Phi) is 7.89. The molecular weight excluding hydrogens is 419 g/mol. The van der Waals surface area contributed by atoms with E-state index in [1.807, 2.05) is 0 Å². The van der Waals surface area contributed by atoms with Crippen LogP contribution < -0.4 is 15.2 Å². The van der Waals surface area contributed by atoms with Crippen LogP contribution in [0.15, 0.2) is 59.8 Å². The van der Waals surface area contributed by atoms with Crippen molar-refractivity contribution >= 4 is 35.0 Å². The zero-order valence-corrected chi connectivity index (χ0v) is 16.7. The van der Waals surface area contributed by atoms with Gasteiger partial charge in [-0.15, -0.1) is 0 Å². The van der Waals surface area contributed by atoms with Gasteiger partial charge in [0.1, 0.15) is 23.1 Å². The minimum Gasteiger partial charge on any atom is -0.452 e. The second kappa shape index (κ2) is 10.4. The molecule has 0 spiro atoms. The number of rotatable bonds is 8. The van der Waals surface area contributed by atoms with E-state index in [2.05, 4.69) is 0 Å². The monoisotopic (exact) mass is 434 g/mol. The van der Waals surface area contributed by atoms with Gasteiger partial charge in [0.2, 0.25) is 5.78 Å². The molecule has 0 bridgehead atoms. The summed E-state index contributed by atoms with van der Waals surface area (Å²) < 4.78 is 16.0. The van der Waals surface area contributed by atoms with E-state index in [1.165, 1.54) is 31.2 Å². The van der Waals surface area contributed by atoms with Gasteiger partial charge in [0.05, 0.1) is 0 Å². The standard InChI is InChI=1S/C20H16Cl2N2O5/c1-12(24)17(10-23)18(25)11-27-19(26)20(28-15-6-2-13(21)3-7-15)29-16-8-4-14(22)5-9-16/h2-9,20H,11,24H2,1H3/b17-12+. The summed E-state index contributed by atoms with van der Waals surface area (Å²) in [7, 11) is 0. The molecule has 2 aromatic carbocycles. The second-order valence-corrected chi connectivity index (χ2v) is 6.55. The Morgan fingerprint density at radius 2 is 1.45 bits per heavy atom. The van der Waals surface area contributed by atoms with Crippen molar-refractivity contribution in [3.63, 3.8) is 0 Å². The lowest BCUT2D eigenvalue weighted by atomic mass is 10.1. The number of ether oxygens (including phenoxy) is 3. The van der Waals surface area contributed by atoms with Crippen molar-refractivity contribution in [2.45, 2.75) is 13.2 Å². The van der Waals surface area contributed by atoms with Gasteiger partial charge in [0.25, 0.3) is 0 Å². The van der Waals surface area contributed by atoms with Gasteiger partial charge in [-0.25, -0.2) is 4.79 Å². The van der Waals surface area contributed by atoms with Crippen LogP contribution in [0.5, 0.6) is 11.5 Å². The van der Waals surface area contributed by atoms with Gasteiger partial charge < -0.3 is 19.9 Å². The smallest absolute Gasteiger partial charge is 0.389 e. The number of hydrogen-bond donors (Lipinski definition) is 1. The van der Waals surface area contributed by atoms with Crippen LogP contribution >= 0.6 is 23.2 Å². The zero-order valence-electron chi connectivity index (χ0n) is 15.2. The Morgan fingerprint density at radius 3 is 1.83 bits per heavy atom. The molecule has 9 heteroatoms. The van der Waals surface area contributed by atoms with Gasteiger partial charge in [-0.05, 0) is 55.5 Å². The first-order valence-electron chi connectivity index (χ1n) is 8.21. The van der Waals surface area contributed by atoms with E-state index in [0.29, 0.717) is 10.0 Å². The molecule has 2 rings (SSSR count). The molecular formula is C20H16Cl2N2O5. The molecule has 29 heavy (non-hydrogen) atoms. The maximum Gasteiger partial charge on any atom is 0.389 e. The Hall–Kier alpha value is -3.21. The highest BCUT2D eigenvalue weighted by atomic mass is 35.5. The van der Waals surface area contributed by atoms with Gasteiger partial charge in [0, 0.05) is 15.7 Å². The summed E-state index contributed by atoms with van der Waals surface area (Å²) in [5.74, 6) is -1.15. The van der Waals surface area contributed by atoms with Crippen molar-refractivity contribution in [1.29, 1.82) is 5.26 Å². The number of halogens is 2. The molecule has 0 fully saturated rings. The van der Waals surface area contributed by atoms with Crippen LogP contribution in [0.4, 0.5) is 0 Å². The Morgan fingerprint density at radius 1 is 1.00 bits per heavy atom. The molecule has 0 aromatic heterocycles. The lowest BCUT2D eigenvalue weighted by Crippen LogP contribution is -2.36. The van der Waals surface area contributed by atoms with Crippen molar-refractivity contribution in [1.82, 2.24) is 0 Å². The number of nitriles is 1. The van der Waals surface area contributed by atoms with Gasteiger partial charge in [-0.1, -0.05) is 23.2 Å². The van der Waals surface area contributed by atoms with Gasteiger partial charge in [0.15, 0.2) is 6.61 Å². The maximum atomic E-state index is 12.5. The number of hydrogen-bond acceptors (Lipinski definition) is 7. The molecule has 2 aromatic rings. The highest BCUT2D eigenvalue weighted by molar-refractivity contribution is 6.30. The Labute approximate surface area is 177 Å². The second-order valence-electron chi connectivity index (χ2n) is 5.68. The average Bonchev–Trinajstić information content (AvgIpc) is 2.69. The number of ketones is 1. The van der Waals surface area contributed by atoms with Gasteiger partial charge in [-0.2, -0.15) is 5.26 Å². The van der Waals surface area contributed by atoms with E-state index in [4.69, 9.17) is 48.4 Å². The summed E-state index contributed by atoms with van der Waals surface area (Å²) in [6, 6.07) is 14.1. The summed E-state index contributed by atoms with van der Waals surface area (Å²) >= 11 is 11.7. The lowest BCUT2D eigenvalue weighted by molar-refractivity contribution is -0.167. The number of carbonyl (C=O) groups is 2. The summed E-state index contributed by atoms with van der Waals surface area (Å²) in [5, 5.41) is 9.92. The molecule has 0 aliphatic carbocycles. The van der Waals surface area contributed by atoms with Gasteiger partial charge in [-0.3, -0.25) is 4.79 Å². The first-order valence-corrected chi connectivity index (χ1v) is 8.96. The quantitative estimate of drug-likeness (QED) is 0.292. The van der Waals surface area contributed by atoms with Crippen molar-refractivity contribution < 1.29 is 23.8 Å². The number of nitrogens with two attached hydrogens (primary N) is 1. The summed E-state index contributed by atoms with van der Waals surface area (Å²) in [4.78, 5) is 24.5. The third kappa shape index (κ3) is 6.71. The maximum absolute atomic E-state index is 12.5. The third-order valence-electron chi connectivity index (χ3n) is 3.44. The summed E-state index contributed by atoms with van der Waals surface area (Å²) in [5.41, 5.74) is 5.21. The van der Waals surface area contributed by atoms with Crippen LogP contribution in [0.1, 0.15) is 6.92 Å². The van der Waals surface area contributed by atoms with Crippen molar-refractivity contribution in [2.24, 2.45) is 5.73 Å². The highest BCUT2D eigenvalue weighted by Crippen LogP contribution is 2.21. The molecule has 0 saturated heterocycles. The van der Waals surface area contributed by atoms with Crippen molar-refractivity contribution in [3.05, 3.63) is 69.8 Å². The predicted molar refractivity (Wildman–Crippen MR) is 106 cm³/mol. The number of nitrogens with zero attached hydrogens (tertiary/aromatic N) is 1. The number of benzene rings is 2. The van der Waals surface area contributed by atoms with Crippen LogP contribution in [0.25, 0.3) is 0 Å². The number of carbonyl (C=O) groups excluding carboxylic acids is 2. The third-order valence-corrected chi connectivity index (χ3v) is 3.94. The van der Waals surface area contributed by atoms with E-state index in [9.17, 15) is 9.59 Å². The highest BCUT2D eigenvalue weighted by Gasteiger charge is 2.26. The first kappa shape index (κ1) is 22.1. The van der Waals surface area contributed by atoms with E-state index < -0.39 is 24.6 Å². The van der Waals surface area contributed by atoms with E-state index in [0.717, 1.165) is 0 Å². The lowest BCUT2D eigenvalue weighted by Gasteiger charge is -2.19. The van der Waals surface area contributed by atoms with Crippen molar-refractivity contribution in [3.8, 4) is 17.6 Å². The molecule has 0 unspecified atom stereocenters. The van der Waals surface area contributed by atoms with E-state index >= 15 is 0 Å². The van der Waals surface area contributed by atoms with Crippen LogP contribution in [0, 0.1) is 11.3 Å². The molecule has 0 heterocycles. The molecule has 0 amide bonds. The van der Waals surface area contributed by atoms with Crippen LogP contribution in [-0.2, 0) is 14.3 Å². The Bertz CT molecular complexity index is 899. The number of allylic oxidation sites excluding steroid dienone is 1. The van der Waals surface area contributed by atoms with Crippen LogP contribution in [0.2, 0.25) is 10.0 Å². The predicted octanol–water partition coefficient (Wildman–Crippen LogP) is 3.65. The molecule has 0 aliphatic heterocycles. The molecule has 7 nitrogen and oxygen atoms in total. The fourth-order valence-electron chi connectivity index (χ4n) is 2.04. The molecule has 0 radical (unpaired) electrons. The minimum absolute atomic E-state index is 0.0277. The topological polar surface area (TPSA) is 112 Å². The van der Waals surface area contributed by atoms with Crippen LogP contribution in [0.3, 0.4) is 0 Å². The minimum atomic E-state index is -1.53. The molecule has 2 N–H and O–H groups in total. The Balaban J connectivity index is 2.14. The summed E-state index contributed by atoms with van der Waals surface area (Å²) in [6.45, 7) is 0.703. The first-order chi connectivity index (χ1) is 13.8. The van der Waals surface area contributed by atoms with E-state index in [1.54, 1.807) is 30.3 Å². The van der Waals surface area contributed by atoms with Crippen molar-refractivity contribution in [2.75, 3.05) is 6.61 Å². The normalized spacial score (nSPS) is 11.3. The zero-order chi connectivity index (χ0) is 21.4. The fraction of sp³-hybridized carbons (Fsp3) is 0.150. The fourth-order valence-corrected chi connectivity index (χ4v) is 2.29. The van der Waals surface area contributed by atoms with Gasteiger partial charge >= 0.3 is 12.3 Å². The van der Waals surface area contributed by atoms with E-state index in [-0.39, 0.29) is 22.8 Å². The van der Waals surface area contributed by atoms with Crippen LogP contribution in [-0.4, -0.2) is 24.6 Å². The average molecular weight is 435 g/mol. The number of esters is 1. The molecule has 150 valence electrons. The molecule has 0 saturated carbocycles. The number of Topliss-reactive ketones (excluding diaryl/α,β-unsaturated/α-hetero) is 1. The largest absolute Gasteiger partial charge is 0.452 e. The molecule has 0 atom stereocenters. The SMILES string of the molecule is C/C(N)=C(/C#N)C(=O)COC(=O)C(Oc1ccc(Cl)cc1)Oc1ccc(Cl)cc1. The summed E-state index contributed by atoms with van der Waals surface area (Å²) in [6.07, 6.45) is -1.53.